The number of aromatic nitrogens is 3. The van der Waals surface area contributed by atoms with E-state index in [0.717, 1.165) is 30.9 Å². The monoisotopic (exact) mass is 517 g/mol. The van der Waals surface area contributed by atoms with Gasteiger partial charge in [0.1, 0.15) is 17.3 Å². The Balaban J connectivity index is 2.07. The predicted molar refractivity (Wildman–Crippen MR) is 116 cm³/mol. The van der Waals surface area contributed by atoms with Crippen LogP contribution in [-0.4, -0.2) is 26.5 Å². The molecule has 0 aliphatic heterocycles. The van der Waals surface area contributed by atoms with Gasteiger partial charge in [0.25, 0.3) is 5.56 Å². The normalized spacial score (nSPS) is 11.5. The summed E-state index contributed by atoms with van der Waals surface area (Å²) in [6.07, 6.45) is -3.34. The van der Waals surface area contributed by atoms with Gasteiger partial charge in [-0.1, -0.05) is 23.4 Å². The Morgan fingerprint density at radius 1 is 1.21 bits per heavy atom. The number of hydrogen-bond acceptors (Lipinski definition) is 6. The second-order valence-electron chi connectivity index (χ2n) is 6.99. The number of nitrogens with zero attached hydrogens (tertiary/aromatic N) is 3. The lowest BCUT2D eigenvalue weighted by Crippen LogP contribution is -2.41. The fourth-order valence-electron chi connectivity index (χ4n) is 2.86. The third-order valence-electron chi connectivity index (χ3n) is 4.50. The van der Waals surface area contributed by atoms with Crippen molar-refractivity contribution in [2.75, 3.05) is 6.61 Å². The molecular formula is C21H16ClF4N3O4S. The molecule has 0 fully saturated rings. The molecule has 2 aromatic heterocycles. The van der Waals surface area contributed by atoms with Gasteiger partial charge in [-0.15, -0.1) is 0 Å². The highest BCUT2D eigenvalue weighted by molar-refractivity contribution is 7.99. The molecule has 0 unspecified atom stereocenters. The minimum atomic E-state index is -4.95. The first kappa shape index (κ1) is 25.5. The average molecular weight is 518 g/mol. The van der Waals surface area contributed by atoms with Gasteiger partial charge in [-0.2, -0.15) is 13.2 Å². The molecule has 34 heavy (non-hydrogen) atoms. The highest BCUT2D eigenvalue weighted by Crippen LogP contribution is 2.39. The van der Waals surface area contributed by atoms with E-state index in [2.05, 4.69) is 4.98 Å². The smallest absolute Gasteiger partial charge is 0.431 e. The topological polar surface area (TPSA) is 83.2 Å². The van der Waals surface area contributed by atoms with Gasteiger partial charge in [0.15, 0.2) is 0 Å². The van der Waals surface area contributed by atoms with E-state index < -0.39 is 34.6 Å². The van der Waals surface area contributed by atoms with E-state index in [1.54, 1.807) is 12.1 Å². The molecular weight excluding hydrogens is 502 g/mol. The van der Waals surface area contributed by atoms with Gasteiger partial charge in [-0.05, 0) is 31.2 Å². The van der Waals surface area contributed by atoms with Crippen LogP contribution in [0, 0.1) is 5.82 Å². The van der Waals surface area contributed by atoms with E-state index in [1.807, 2.05) is 0 Å². The summed E-state index contributed by atoms with van der Waals surface area (Å²) in [7, 11) is 0.824. The predicted octanol–water partition coefficient (Wildman–Crippen LogP) is 4.25. The Morgan fingerprint density at radius 2 is 1.91 bits per heavy atom. The second kappa shape index (κ2) is 10.0. The molecule has 0 atom stereocenters. The van der Waals surface area contributed by atoms with Crippen molar-refractivity contribution in [1.82, 2.24) is 14.1 Å². The number of hydrogen-bond donors (Lipinski definition) is 0. The van der Waals surface area contributed by atoms with Crippen molar-refractivity contribution in [3.63, 3.8) is 0 Å². The summed E-state index contributed by atoms with van der Waals surface area (Å²) in [4.78, 5) is 40.8. The maximum atomic E-state index is 14.7. The van der Waals surface area contributed by atoms with Crippen molar-refractivity contribution < 1.29 is 27.1 Å². The number of rotatable bonds is 7. The van der Waals surface area contributed by atoms with E-state index in [-0.39, 0.29) is 45.2 Å². The highest BCUT2D eigenvalue weighted by Gasteiger charge is 2.35. The van der Waals surface area contributed by atoms with E-state index in [9.17, 15) is 31.9 Å². The largest absolute Gasteiger partial charge is 0.476 e. The molecule has 0 N–H and O–H groups in total. The number of benzene rings is 1. The Bertz CT molecular complexity index is 1370. The first-order valence-electron chi connectivity index (χ1n) is 9.55. The average Bonchev–Trinajstić information content (AvgIpc) is 2.74. The molecule has 0 aliphatic carbocycles. The fraction of sp³-hybridized carbons (Fsp3) is 0.238. The number of Topliss-reactive ketones (excluding diaryl/α,β-unsaturated/α-hetero) is 1. The third kappa shape index (κ3) is 5.50. The molecule has 180 valence electrons. The minimum absolute atomic E-state index is 0.0687. The Hall–Kier alpha value is -3.12. The van der Waals surface area contributed by atoms with E-state index >= 15 is 0 Å². The quantitative estimate of drug-likeness (QED) is 0.436. The Labute approximate surface area is 199 Å². The van der Waals surface area contributed by atoms with Crippen LogP contribution >= 0.6 is 23.4 Å². The SMILES string of the molecule is CC(=O)CCOc1ncccc1Sc1cc(-n2c(=O)cc(C(F)(F)F)n(C)c2=O)c(F)cc1Cl. The van der Waals surface area contributed by atoms with E-state index in [4.69, 9.17) is 16.3 Å². The van der Waals surface area contributed by atoms with Crippen molar-refractivity contribution in [2.45, 2.75) is 29.3 Å². The van der Waals surface area contributed by atoms with Crippen molar-refractivity contribution in [2.24, 2.45) is 7.05 Å². The summed E-state index contributed by atoms with van der Waals surface area (Å²) < 4.78 is 60.1. The van der Waals surface area contributed by atoms with Crippen LogP contribution < -0.4 is 16.0 Å². The molecule has 7 nitrogen and oxygen atoms in total. The number of carbonyl (C=O) groups excluding carboxylic acids is 1. The summed E-state index contributed by atoms with van der Waals surface area (Å²) in [6, 6.07) is 5.34. The lowest BCUT2D eigenvalue weighted by molar-refractivity contribution is -0.144. The molecule has 0 aliphatic rings. The number of ether oxygens (including phenoxy) is 1. The third-order valence-corrected chi connectivity index (χ3v) is 6.01. The van der Waals surface area contributed by atoms with Crippen molar-refractivity contribution in [3.8, 4) is 11.6 Å². The van der Waals surface area contributed by atoms with Crippen molar-refractivity contribution in [3.05, 3.63) is 73.9 Å². The summed E-state index contributed by atoms with van der Waals surface area (Å²) in [6.45, 7) is 1.48. The highest BCUT2D eigenvalue weighted by atomic mass is 35.5. The maximum absolute atomic E-state index is 14.7. The van der Waals surface area contributed by atoms with Gasteiger partial charge in [0, 0.05) is 30.6 Å². The summed E-state index contributed by atoms with van der Waals surface area (Å²) in [5.41, 5.74) is -4.78. The zero-order chi connectivity index (χ0) is 25.2. The zero-order valence-electron chi connectivity index (χ0n) is 17.7. The van der Waals surface area contributed by atoms with Gasteiger partial charge in [-0.25, -0.2) is 18.7 Å². The van der Waals surface area contributed by atoms with E-state index in [0.29, 0.717) is 9.46 Å². The van der Waals surface area contributed by atoms with Gasteiger partial charge in [0.05, 0.1) is 22.2 Å². The number of pyridine rings is 1. The van der Waals surface area contributed by atoms with Crippen LogP contribution in [0.15, 0.2) is 55.9 Å². The summed E-state index contributed by atoms with van der Waals surface area (Å²) >= 11 is 7.11. The molecule has 0 saturated carbocycles. The van der Waals surface area contributed by atoms with Gasteiger partial charge in [-0.3, -0.25) is 14.2 Å². The van der Waals surface area contributed by atoms with Gasteiger partial charge < -0.3 is 4.74 Å². The molecule has 3 rings (SSSR count). The lowest BCUT2D eigenvalue weighted by atomic mass is 10.3. The van der Waals surface area contributed by atoms with Crippen LogP contribution in [0.25, 0.3) is 5.69 Å². The molecule has 1 aromatic carbocycles. The van der Waals surface area contributed by atoms with Crippen LogP contribution in [0.4, 0.5) is 17.6 Å². The van der Waals surface area contributed by atoms with E-state index in [1.165, 1.54) is 13.1 Å². The fourth-order valence-corrected chi connectivity index (χ4v) is 4.03. The maximum Gasteiger partial charge on any atom is 0.431 e. The first-order valence-corrected chi connectivity index (χ1v) is 10.7. The molecule has 13 heteroatoms. The summed E-state index contributed by atoms with van der Waals surface area (Å²) in [5, 5.41) is -0.0819. The number of ketones is 1. The van der Waals surface area contributed by atoms with Crippen molar-refractivity contribution >= 4 is 29.1 Å². The molecule has 0 amide bonds. The number of carbonyl (C=O) groups is 1. The molecule has 0 radical (unpaired) electrons. The Kier molecular flexibility index (Phi) is 7.51. The molecule has 0 saturated heterocycles. The molecule has 0 spiro atoms. The van der Waals surface area contributed by atoms with Crippen LogP contribution in [0.3, 0.4) is 0 Å². The molecule has 3 aromatic rings. The van der Waals surface area contributed by atoms with Crippen LogP contribution in [0.2, 0.25) is 5.02 Å². The molecule has 2 heterocycles. The standard InChI is InChI=1S/C21H16ClF4N3O4S/c1-11(30)5-7-33-19-15(4-3-6-27-19)34-16-9-14(13(23)8-12(16)22)29-18(31)10-17(21(24,25)26)28(2)20(29)32/h3-4,6,8-10H,5,7H2,1-2H3. The zero-order valence-corrected chi connectivity index (χ0v) is 19.2. The number of alkyl halides is 3. The van der Waals surface area contributed by atoms with Crippen LogP contribution in [0.1, 0.15) is 19.0 Å². The molecule has 0 bridgehead atoms. The first-order chi connectivity index (χ1) is 15.9. The van der Waals surface area contributed by atoms with Gasteiger partial charge >= 0.3 is 11.9 Å². The van der Waals surface area contributed by atoms with Crippen molar-refractivity contribution in [1.29, 1.82) is 0 Å². The van der Waals surface area contributed by atoms with Gasteiger partial charge in [0.2, 0.25) is 5.88 Å². The lowest BCUT2D eigenvalue weighted by Gasteiger charge is -2.15. The van der Waals surface area contributed by atoms with Crippen LogP contribution in [0.5, 0.6) is 5.88 Å². The summed E-state index contributed by atoms with van der Waals surface area (Å²) in [5.74, 6) is -1.00. The van der Waals surface area contributed by atoms with Crippen LogP contribution in [-0.2, 0) is 18.0 Å². The number of halogens is 5. The Morgan fingerprint density at radius 3 is 2.56 bits per heavy atom. The second-order valence-corrected chi connectivity index (χ2v) is 8.48. The minimum Gasteiger partial charge on any atom is -0.476 e.